The van der Waals surface area contributed by atoms with Gasteiger partial charge in [-0.15, -0.1) is 0 Å². The molecule has 0 spiro atoms. The van der Waals surface area contributed by atoms with Crippen LogP contribution in [0.5, 0.6) is 0 Å². The Hall–Kier alpha value is -3.16. The number of ether oxygens (including phenoxy) is 2. The van der Waals surface area contributed by atoms with Crippen molar-refractivity contribution < 1.29 is 28.7 Å². The van der Waals surface area contributed by atoms with Gasteiger partial charge in [-0.2, -0.15) is 0 Å². The van der Waals surface area contributed by atoms with Crippen molar-refractivity contribution in [3.05, 3.63) is 47.2 Å². The second-order valence-electron chi connectivity index (χ2n) is 6.26. The summed E-state index contributed by atoms with van der Waals surface area (Å²) in [5, 5.41) is 2.57. The van der Waals surface area contributed by atoms with Gasteiger partial charge in [0, 0.05) is 6.92 Å². The maximum absolute atomic E-state index is 12.6. The second-order valence-corrected chi connectivity index (χ2v) is 6.26. The summed E-state index contributed by atoms with van der Waals surface area (Å²) in [6.07, 6.45) is -1.04. The van der Waals surface area contributed by atoms with Crippen LogP contribution < -0.4 is 5.32 Å². The van der Waals surface area contributed by atoms with Crippen LogP contribution in [0.25, 0.3) is 0 Å². The van der Waals surface area contributed by atoms with Crippen molar-refractivity contribution in [3.8, 4) is 0 Å². The molecule has 1 aliphatic heterocycles. The highest BCUT2D eigenvalue weighted by Crippen LogP contribution is 2.29. The van der Waals surface area contributed by atoms with Gasteiger partial charge in [-0.25, -0.2) is 4.79 Å². The van der Waals surface area contributed by atoms with Crippen molar-refractivity contribution in [2.45, 2.75) is 39.5 Å². The van der Waals surface area contributed by atoms with E-state index in [2.05, 4.69) is 5.32 Å². The van der Waals surface area contributed by atoms with E-state index in [1.807, 2.05) is 6.07 Å². The van der Waals surface area contributed by atoms with Crippen molar-refractivity contribution in [3.63, 3.8) is 0 Å². The van der Waals surface area contributed by atoms with Crippen molar-refractivity contribution >= 4 is 23.8 Å². The molecular weight excluding hydrogens is 352 g/mol. The summed E-state index contributed by atoms with van der Waals surface area (Å²) in [6.45, 7) is 4.45. The minimum atomic E-state index is -1.11. The maximum atomic E-state index is 12.6. The minimum absolute atomic E-state index is 0.0118. The van der Waals surface area contributed by atoms with Crippen molar-refractivity contribution in [1.29, 1.82) is 0 Å². The predicted octanol–water partition coefficient (Wildman–Crippen LogP) is 0.912. The standard InChI is InChI=1S/C19H22N2O6/c1-11(2)16(19(25)26-4)21-17(24)15(18(21)27-12(3)22)20-14(23)10-13-8-6-5-7-9-13/h5-9,15,18H,10H2,1-4H3,(H,20,23). The summed E-state index contributed by atoms with van der Waals surface area (Å²) in [5.74, 6) is -2.32. The molecule has 1 N–H and O–H groups in total. The Balaban J connectivity index is 2.18. The van der Waals surface area contributed by atoms with Crippen LogP contribution >= 0.6 is 0 Å². The van der Waals surface area contributed by atoms with E-state index >= 15 is 0 Å². The number of likely N-dealkylation sites (tertiary alicyclic amines) is 1. The number of methoxy groups -OCH3 is 1. The summed E-state index contributed by atoms with van der Waals surface area (Å²) in [5.41, 5.74) is 1.28. The Bertz CT molecular complexity index is 783. The number of benzene rings is 1. The number of esters is 2. The molecule has 8 heteroatoms. The molecule has 27 heavy (non-hydrogen) atoms. The van der Waals surface area contributed by atoms with Gasteiger partial charge in [-0.1, -0.05) is 30.3 Å². The number of hydrogen-bond donors (Lipinski definition) is 1. The summed E-state index contributed by atoms with van der Waals surface area (Å²) in [7, 11) is 1.19. The van der Waals surface area contributed by atoms with Gasteiger partial charge in [0.15, 0.2) is 6.04 Å². The zero-order valence-electron chi connectivity index (χ0n) is 15.6. The molecule has 0 radical (unpaired) electrons. The quantitative estimate of drug-likeness (QED) is 0.451. The zero-order chi connectivity index (χ0) is 20.1. The van der Waals surface area contributed by atoms with Gasteiger partial charge in [0.1, 0.15) is 5.70 Å². The Morgan fingerprint density at radius 3 is 2.26 bits per heavy atom. The van der Waals surface area contributed by atoms with Crippen LogP contribution in [0.1, 0.15) is 26.3 Å². The lowest BCUT2D eigenvalue weighted by Crippen LogP contribution is -2.72. The van der Waals surface area contributed by atoms with E-state index in [4.69, 9.17) is 9.47 Å². The molecule has 0 aliphatic carbocycles. The first-order valence-electron chi connectivity index (χ1n) is 8.35. The molecule has 0 aromatic heterocycles. The molecule has 144 valence electrons. The number of rotatable bonds is 6. The lowest BCUT2D eigenvalue weighted by Gasteiger charge is -2.46. The van der Waals surface area contributed by atoms with Gasteiger partial charge in [-0.3, -0.25) is 19.3 Å². The lowest BCUT2D eigenvalue weighted by atomic mass is 10.0. The molecule has 2 amide bonds. The van der Waals surface area contributed by atoms with Crippen LogP contribution in [0.4, 0.5) is 0 Å². The van der Waals surface area contributed by atoms with Crippen LogP contribution in [0.3, 0.4) is 0 Å². The smallest absolute Gasteiger partial charge is 0.354 e. The SMILES string of the molecule is COC(=O)C(=C(C)C)N1C(=O)C(NC(=O)Cc2ccccc2)C1OC(C)=O. The van der Waals surface area contributed by atoms with Crippen LogP contribution in [0, 0.1) is 0 Å². The predicted molar refractivity (Wildman–Crippen MR) is 94.9 cm³/mol. The Morgan fingerprint density at radius 1 is 1.11 bits per heavy atom. The highest BCUT2D eigenvalue weighted by molar-refractivity contribution is 6.01. The van der Waals surface area contributed by atoms with E-state index in [0.717, 1.165) is 10.5 Å². The molecule has 1 aromatic carbocycles. The molecule has 8 nitrogen and oxygen atoms in total. The van der Waals surface area contributed by atoms with Gasteiger partial charge in [0.05, 0.1) is 13.5 Å². The highest BCUT2D eigenvalue weighted by Gasteiger charge is 2.54. The fourth-order valence-electron chi connectivity index (χ4n) is 2.77. The molecule has 1 saturated heterocycles. The fraction of sp³-hybridized carbons (Fsp3) is 0.368. The van der Waals surface area contributed by atoms with E-state index in [-0.39, 0.29) is 12.1 Å². The van der Waals surface area contributed by atoms with Gasteiger partial charge in [0.25, 0.3) is 5.91 Å². The maximum Gasteiger partial charge on any atom is 0.354 e. The first-order chi connectivity index (χ1) is 12.8. The number of carbonyl (C=O) groups excluding carboxylic acids is 4. The minimum Gasteiger partial charge on any atom is -0.464 e. The number of nitrogens with one attached hydrogen (secondary N) is 1. The van der Waals surface area contributed by atoms with Gasteiger partial charge >= 0.3 is 11.9 Å². The molecule has 1 aromatic rings. The molecule has 1 heterocycles. The third-order valence-corrected chi connectivity index (χ3v) is 3.95. The van der Waals surface area contributed by atoms with Gasteiger partial charge < -0.3 is 14.8 Å². The molecule has 0 saturated carbocycles. The second kappa shape index (κ2) is 8.48. The third-order valence-electron chi connectivity index (χ3n) is 3.95. The van der Waals surface area contributed by atoms with Crippen LogP contribution in [-0.2, 0) is 35.1 Å². The summed E-state index contributed by atoms with van der Waals surface area (Å²) < 4.78 is 9.88. The number of nitrogens with zero attached hydrogens (tertiary/aromatic N) is 1. The number of hydrogen-bond acceptors (Lipinski definition) is 6. The number of carbonyl (C=O) groups is 4. The third kappa shape index (κ3) is 4.52. The van der Waals surface area contributed by atoms with E-state index < -0.39 is 36.0 Å². The first-order valence-corrected chi connectivity index (χ1v) is 8.35. The molecular formula is C19H22N2O6. The number of β-lactam (4-membered cyclic amide) rings is 1. The van der Waals surface area contributed by atoms with E-state index in [1.54, 1.807) is 38.1 Å². The van der Waals surface area contributed by atoms with Crippen molar-refractivity contribution in [2.75, 3.05) is 7.11 Å². The van der Waals surface area contributed by atoms with Gasteiger partial charge in [0.2, 0.25) is 12.1 Å². The van der Waals surface area contributed by atoms with Crippen LogP contribution in [0.2, 0.25) is 0 Å². The molecule has 0 bridgehead atoms. The van der Waals surface area contributed by atoms with Crippen molar-refractivity contribution in [2.24, 2.45) is 0 Å². The largest absolute Gasteiger partial charge is 0.464 e. The lowest BCUT2D eigenvalue weighted by molar-refractivity contribution is -0.188. The average molecular weight is 374 g/mol. The number of allylic oxidation sites excluding steroid dienone is 1. The monoisotopic (exact) mass is 374 g/mol. The molecule has 2 rings (SSSR count). The summed E-state index contributed by atoms with van der Waals surface area (Å²) >= 11 is 0. The summed E-state index contributed by atoms with van der Waals surface area (Å²) in [4.78, 5) is 49.4. The number of amides is 2. The van der Waals surface area contributed by atoms with Crippen molar-refractivity contribution in [1.82, 2.24) is 10.2 Å². The first kappa shape index (κ1) is 20.2. The Morgan fingerprint density at radius 2 is 1.74 bits per heavy atom. The molecule has 1 aliphatic rings. The molecule has 2 atom stereocenters. The van der Waals surface area contributed by atoms with Crippen LogP contribution in [0.15, 0.2) is 41.6 Å². The Labute approximate surface area is 157 Å². The average Bonchev–Trinajstić information content (AvgIpc) is 2.62. The van der Waals surface area contributed by atoms with E-state index in [1.165, 1.54) is 14.0 Å². The highest BCUT2D eigenvalue weighted by atomic mass is 16.6. The molecule has 2 unspecified atom stereocenters. The van der Waals surface area contributed by atoms with E-state index in [9.17, 15) is 19.2 Å². The zero-order valence-corrected chi connectivity index (χ0v) is 15.6. The Kier molecular flexibility index (Phi) is 6.33. The van der Waals surface area contributed by atoms with Gasteiger partial charge in [-0.05, 0) is 25.0 Å². The van der Waals surface area contributed by atoms with Crippen LogP contribution in [-0.4, -0.2) is 48.0 Å². The fourth-order valence-corrected chi connectivity index (χ4v) is 2.77. The normalized spacial score (nSPS) is 18.2. The van der Waals surface area contributed by atoms with E-state index in [0.29, 0.717) is 5.57 Å². The topological polar surface area (TPSA) is 102 Å². The summed E-state index contributed by atoms with van der Waals surface area (Å²) in [6, 6.07) is 7.95. The molecule has 1 fully saturated rings.